The van der Waals surface area contributed by atoms with Gasteiger partial charge in [-0.1, -0.05) is 23.4 Å². The van der Waals surface area contributed by atoms with Crippen molar-refractivity contribution in [2.45, 2.75) is 24.5 Å². The third-order valence-corrected chi connectivity index (χ3v) is 2.77. The first kappa shape index (κ1) is 7.92. The van der Waals surface area contributed by atoms with Gasteiger partial charge in [-0.3, -0.25) is 0 Å². The van der Waals surface area contributed by atoms with E-state index in [0.29, 0.717) is 0 Å². The normalized spacial score (nSPS) is 15.8. The zero-order valence-electron chi connectivity index (χ0n) is 6.82. The van der Waals surface area contributed by atoms with Crippen LogP contribution in [0.15, 0.2) is 33.7 Å². The summed E-state index contributed by atoms with van der Waals surface area (Å²) in [6, 6.07) is 0. The molecule has 0 radical (unpaired) electrons. The Bertz CT molecular complexity index is 260. The average Bonchev–Trinajstić information content (AvgIpc) is 2.46. The summed E-state index contributed by atoms with van der Waals surface area (Å²) in [5, 5.41) is 0.770. The number of oxazole rings is 1. The molecule has 1 heterocycles. The molecular weight excluding hydrogens is 170 g/mol. The highest BCUT2D eigenvalue weighted by atomic mass is 32.2. The lowest BCUT2D eigenvalue weighted by Gasteiger charge is -2.15. The molecule has 0 aliphatic heterocycles. The Balaban J connectivity index is 1.75. The molecule has 0 N–H and O–H groups in total. The van der Waals surface area contributed by atoms with Gasteiger partial charge in [0.2, 0.25) is 0 Å². The van der Waals surface area contributed by atoms with Crippen molar-refractivity contribution in [3.8, 4) is 0 Å². The van der Waals surface area contributed by atoms with E-state index in [0.717, 1.165) is 11.0 Å². The van der Waals surface area contributed by atoms with E-state index in [9.17, 15) is 0 Å². The monoisotopic (exact) mass is 181 g/mol. The van der Waals surface area contributed by atoms with Crippen LogP contribution >= 0.6 is 11.8 Å². The first-order valence-corrected chi connectivity index (χ1v) is 5.14. The molecule has 0 unspecified atom stereocenters. The smallest absolute Gasteiger partial charge is 0.255 e. The molecule has 1 aromatic heterocycles. The molecule has 1 fully saturated rings. The number of aromatic nitrogens is 1. The highest BCUT2D eigenvalue weighted by Crippen LogP contribution is 2.26. The summed E-state index contributed by atoms with van der Waals surface area (Å²) in [6.07, 6.45) is 9.55. The zero-order valence-corrected chi connectivity index (χ0v) is 7.64. The van der Waals surface area contributed by atoms with Gasteiger partial charge in [-0.25, -0.2) is 4.98 Å². The van der Waals surface area contributed by atoms with E-state index in [1.807, 2.05) is 0 Å². The predicted molar refractivity (Wildman–Crippen MR) is 49.2 cm³/mol. The molecule has 2 rings (SSSR count). The van der Waals surface area contributed by atoms with Gasteiger partial charge in [-0.15, -0.1) is 0 Å². The maximum Gasteiger partial charge on any atom is 0.255 e. The van der Waals surface area contributed by atoms with Gasteiger partial charge in [0.05, 0.1) is 6.20 Å². The van der Waals surface area contributed by atoms with Crippen LogP contribution in [0.2, 0.25) is 0 Å². The van der Waals surface area contributed by atoms with Crippen LogP contribution in [0.25, 0.3) is 0 Å². The van der Waals surface area contributed by atoms with E-state index in [2.05, 4.69) is 11.1 Å². The Morgan fingerprint density at radius 2 is 2.50 bits per heavy atom. The Labute approximate surface area is 76.1 Å². The van der Waals surface area contributed by atoms with Gasteiger partial charge in [-0.2, -0.15) is 0 Å². The van der Waals surface area contributed by atoms with Gasteiger partial charge in [0.15, 0.2) is 0 Å². The van der Waals surface area contributed by atoms with Crippen LogP contribution in [0.4, 0.5) is 0 Å². The lowest BCUT2D eigenvalue weighted by molar-refractivity contribution is 0.454. The molecular formula is C9H11NOS. The first-order chi connectivity index (χ1) is 5.95. The van der Waals surface area contributed by atoms with Crippen molar-refractivity contribution in [1.82, 2.24) is 4.98 Å². The highest BCUT2D eigenvalue weighted by Gasteiger charge is 2.07. The molecule has 3 heteroatoms. The molecule has 64 valence electrons. The lowest BCUT2D eigenvalue weighted by atomic mass is 9.93. The van der Waals surface area contributed by atoms with E-state index >= 15 is 0 Å². The van der Waals surface area contributed by atoms with Gasteiger partial charge in [0, 0.05) is 5.75 Å². The Hall–Kier alpha value is -0.700. The molecule has 0 amide bonds. The fourth-order valence-electron chi connectivity index (χ4n) is 1.10. The minimum Gasteiger partial charge on any atom is -0.440 e. The minimum atomic E-state index is 0.770. The van der Waals surface area contributed by atoms with Gasteiger partial charge in [0.25, 0.3) is 5.22 Å². The van der Waals surface area contributed by atoms with Crippen molar-refractivity contribution < 1.29 is 4.42 Å². The lowest BCUT2D eigenvalue weighted by Crippen LogP contribution is -1.96. The molecule has 1 saturated carbocycles. The zero-order chi connectivity index (χ0) is 8.23. The van der Waals surface area contributed by atoms with Crippen LogP contribution in [0, 0.1) is 0 Å². The van der Waals surface area contributed by atoms with Crippen molar-refractivity contribution in [1.29, 1.82) is 0 Å². The van der Waals surface area contributed by atoms with Crippen molar-refractivity contribution in [2.75, 3.05) is 5.75 Å². The summed E-state index contributed by atoms with van der Waals surface area (Å²) in [5.74, 6) is 0.996. The van der Waals surface area contributed by atoms with Crippen LogP contribution in [0.5, 0.6) is 0 Å². The first-order valence-electron chi connectivity index (χ1n) is 4.15. The summed E-state index contributed by atoms with van der Waals surface area (Å²) in [6.45, 7) is 0. The summed E-state index contributed by atoms with van der Waals surface area (Å²) >= 11 is 1.65. The number of allylic oxidation sites excluding steroid dienone is 1. The fourth-order valence-corrected chi connectivity index (χ4v) is 1.82. The van der Waals surface area contributed by atoms with E-state index in [-0.39, 0.29) is 0 Å². The van der Waals surface area contributed by atoms with Crippen LogP contribution < -0.4 is 0 Å². The quantitative estimate of drug-likeness (QED) is 0.529. The topological polar surface area (TPSA) is 26.0 Å². The molecule has 1 aromatic rings. The van der Waals surface area contributed by atoms with Crippen molar-refractivity contribution in [3.05, 3.63) is 24.1 Å². The number of thioether (sulfide) groups is 1. The molecule has 2 nitrogen and oxygen atoms in total. The Morgan fingerprint density at radius 1 is 1.58 bits per heavy atom. The SMILES string of the molecule is C(CSc1ncco1)=C1CCC1. The van der Waals surface area contributed by atoms with Gasteiger partial charge in [0.1, 0.15) is 6.26 Å². The molecule has 0 spiro atoms. The highest BCUT2D eigenvalue weighted by molar-refractivity contribution is 7.99. The molecule has 0 aromatic carbocycles. The maximum absolute atomic E-state index is 5.09. The van der Waals surface area contributed by atoms with Crippen LogP contribution in [-0.2, 0) is 0 Å². The van der Waals surface area contributed by atoms with E-state index in [1.165, 1.54) is 19.3 Å². The van der Waals surface area contributed by atoms with E-state index in [1.54, 1.807) is 29.8 Å². The molecule has 0 saturated heterocycles. The summed E-state index contributed by atoms with van der Waals surface area (Å²) < 4.78 is 5.09. The maximum atomic E-state index is 5.09. The molecule has 12 heavy (non-hydrogen) atoms. The van der Waals surface area contributed by atoms with Crippen LogP contribution in [-0.4, -0.2) is 10.7 Å². The van der Waals surface area contributed by atoms with Gasteiger partial charge < -0.3 is 4.42 Å². The summed E-state index contributed by atoms with van der Waals surface area (Å²) in [4.78, 5) is 4.02. The van der Waals surface area contributed by atoms with Crippen molar-refractivity contribution in [3.63, 3.8) is 0 Å². The molecule has 0 bridgehead atoms. The largest absolute Gasteiger partial charge is 0.440 e. The number of nitrogens with zero attached hydrogens (tertiary/aromatic N) is 1. The molecule has 1 aliphatic rings. The minimum absolute atomic E-state index is 0.770. The predicted octanol–water partition coefficient (Wildman–Crippen LogP) is 2.88. The number of hydrogen-bond acceptors (Lipinski definition) is 3. The second-order valence-electron chi connectivity index (χ2n) is 2.82. The Morgan fingerprint density at radius 3 is 3.08 bits per heavy atom. The third kappa shape index (κ3) is 1.91. The average molecular weight is 181 g/mol. The summed E-state index contributed by atoms with van der Waals surface area (Å²) in [7, 11) is 0. The van der Waals surface area contributed by atoms with Crippen molar-refractivity contribution >= 4 is 11.8 Å². The Kier molecular flexibility index (Phi) is 2.51. The van der Waals surface area contributed by atoms with Gasteiger partial charge in [-0.05, 0) is 19.3 Å². The summed E-state index contributed by atoms with van der Waals surface area (Å²) in [5.41, 5.74) is 1.59. The van der Waals surface area contributed by atoms with Crippen molar-refractivity contribution in [2.24, 2.45) is 0 Å². The van der Waals surface area contributed by atoms with Gasteiger partial charge >= 0.3 is 0 Å². The molecule has 0 atom stereocenters. The number of rotatable bonds is 3. The second-order valence-corrected chi connectivity index (χ2v) is 3.80. The van der Waals surface area contributed by atoms with Crippen LogP contribution in [0.3, 0.4) is 0 Å². The van der Waals surface area contributed by atoms with Crippen LogP contribution in [0.1, 0.15) is 19.3 Å². The van der Waals surface area contributed by atoms with E-state index < -0.39 is 0 Å². The third-order valence-electron chi connectivity index (χ3n) is 1.98. The second kappa shape index (κ2) is 3.81. The fraction of sp³-hybridized carbons (Fsp3) is 0.444. The molecule has 1 aliphatic carbocycles. The van der Waals surface area contributed by atoms with E-state index in [4.69, 9.17) is 4.42 Å². The standard InChI is InChI=1S/C9H11NOS/c1-2-8(3-1)4-7-12-9-10-5-6-11-9/h4-6H,1-3,7H2. The number of hydrogen-bond donors (Lipinski definition) is 0.